The van der Waals surface area contributed by atoms with Crippen LogP contribution in [0.25, 0.3) is 16.9 Å². The van der Waals surface area contributed by atoms with Crippen molar-refractivity contribution in [3.63, 3.8) is 0 Å². The van der Waals surface area contributed by atoms with Gasteiger partial charge in [-0.15, -0.1) is 0 Å². The summed E-state index contributed by atoms with van der Waals surface area (Å²) in [5.41, 5.74) is 2.66. The molecule has 0 bridgehead atoms. The van der Waals surface area contributed by atoms with Crippen molar-refractivity contribution in [2.24, 2.45) is 0 Å². The van der Waals surface area contributed by atoms with E-state index in [-0.39, 0.29) is 5.69 Å². The molecule has 20 heavy (non-hydrogen) atoms. The van der Waals surface area contributed by atoms with E-state index in [1.807, 2.05) is 6.07 Å². The molecule has 0 fully saturated rings. The number of fused-ring (bicyclic) bond motifs is 1. The van der Waals surface area contributed by atoms with Gasteiger partial charge in [0, 0.05) is 11.8 Å². The van der Waals surface area contributed by atoms with E-state index < -0.39 is 5.97 Å². The average Bonchev–Trinajstić information content (AvgIpc) is 2.91. The third-order valence-corrected chi connectivity index (χ3v) is 3.00. The molecule has 96 valence electrons. The van der Waals surface area contributed by atoms with Crippen molar-refractivity contribution in [3.05, 3.63) is 59.9 Å². The van der Waals surface area contributed by atoms with Gasteiger partial charge in [0.2, 0.25) is 0 Å². The van der Waals surface area contributed by atoms with Gasteiger partial charge in [-0.05, 0) is 24.3 Å². The molecule has 0 saturated heterocycles. The van der Waals surface area contributed by atoms with Crippen LogP contribution >= 0.6 is 0 Å². The minimum absolute atomic E-state index is 0.151. The van der Waals surface area contributed by atoms with Crippen molar-refractivity contribution in [1.82, 2.24) is 9.38 Å². The molecule has 2 heterocycles. The van der Waals surface area contributed by atoms with Gasteiger partial charge in [-0.25, -0.2) is 9.78 Å². The molecule has 5 nitrogen and oxygen atoms in total. The van der Waals surface area contributed by atoms with Gasteiger partial charge >= 0.3 is 5.97 Å². The predicted octanol–water partition coefficient (Wildman–Crippen LogP) is 2.57. The summed E-state index contributed by atoms with van der Waals surface area (Å²) in [6.07, 6.45) is 1.66. The predicted molar refractivity (Wildman–Crippen MR) is 72.3 cm³/mol. The van der Waals surface area contributed by atoms with E-state index in [2.05, 4.69) is 11.1 Å². The van der Waals surface area contributed by atoms with Crippen LogP contribution in [0, 0.1) is 11.3 Å². The molecule has 0 amide bonds. The number of carbonyl (C=O) groups is 1. The topological polar surface area (TPSA) is 78.4 Å². The van der Waals surface area contributed by atoms with Crippen molar-refractivity contribution < 1.29 is 9.90 Å². The zero-order chi connectivity index (χ0) is 14.1. The number of carboxylic acid groups (broad SMARTS) is 1. The zero-order valence-electron chi connectivity index (χ0n) is 10.3. The fourth-order valence-electron chi connectivity index (χ4n) is 2.07. The number of rotatable bonds is 2. The summed E-state index contributed by atoms with van der Waals surface area (Å²) >= 11 is 0. The second-order valence-corrected chi connectivity index (χ2v) is 4.26. The SMILES string of the molecule is N#Cc1cccc(-c2cn3c(C(=O)O)cccc3n2)c1. The number of aromatic carboxylic acids is 1. The normalized spacial score (nSPS) is 10.3. The second kappa shape index (κ2) is 4.52. The Morgan fingerprint density at radius 3 is 2.80 bits per heavy atom. The van der Waals surface area contributed by atoms with Crippen molar-refractivity contribution in [2.75, 3.05) is 0 Å². The van der Waals surface area contributed by atoms with E-state index in [0.29, 0.717) is 16.9 Å². The fourth-order valence-corrected chi connectivity index (χ4v) is 2.07. The molecule has 1 aromatic carbocycles. The molecule has 0 aliphatic heterocycles. The summed E-state index contributed by atoms with van der Waals surface area (Å²) in [6.45, 7) is 0. The summed E-state index contributed by atoms with van der Waals surface area (Å²) in [7, 11) is 0. The maximum atomic E-state index is 11.2. The van der Waals surface area contributed by atoms with Gasteiger partial charge < -0.3 is 5.11 Å². The Balaban J connectivity index is 2.21. The molecule has 3 rings (SSSR count). The van der Waals surface area contributed by atoms with Crippen LogP contribution in [0.15, 0.2) is 48.7 Å². The van der Waals surface area contributed by atoms with Gasteiger partial charge in [-0.2, -0.15) is 5.26 Å². The molecule has 0 atom stereocenters. The van der Waals surface area contributed by atoms with Crippen LogP contribution in [0.4, 0.5) is 0 Å². The number of hydrogen-bond acceptors (Lipinski definition) is 3. The van der Waals surface area contributed by atoms with E-state index in [1.54, 1.807) is 36.5 Å². The first-order chi connectivity index (χ1) is 9.69. The maximum Gasteiger partial charge on any atom is 0.352 e. The van der Waals surface area contributed by atoms with Crippen LogP contribution in [0.3, 0.4) is 0 Å². The Morgan fingerprint density at radius 2 is 2.05 bits per heavy atom. The van der Waals surface area contributed by atoms with E-state index in [0.717, 1.165) is 5.56 Å². The minimum Gasteiger partial charge on any atom is -0.477 e. The van der Waals surface area contributed by atoms with Crippen LogP contribution in [0.2, 0.25) is 0 Å². The molecule has 0 spiro atoms. The first-order valence-electron chi connectivity index (χ1n) is 5.91. The minimum atomic E-state index is -1.01. The second-order valence-electron chi connectivity index (χ2n) is 4.26. The van der Waals surface area contributed by atoms with Crippen LogP contribution in [-0.4, -0.2) is 20.5 Å². The molecular formula is C15H9N3O2. The van der Waals surface area contributed by atoms with Crippen LogP contribution in [0.1, 0.15) is 16.1 Å². The highest BCUT2D eigenvalue weighted by molar-refractivity contribution is 5.87. The number of nitriles is 1. The van der Waals surface area contributed by atoms with Gasteiger partial charge in [0.05, 0.1) is 17.3 Å². The Morgan fingerprint density at radius 1 is 1.25 bits per heavy atom. The lowest BCUT2D eigenvalue weighted by Crippen LogP contribution is -2.03. The third-order valence-electron chi connectivity index (χ3n) is 3.00. The van der Waals surface area contributed by atoms with Crippen LogP contribution < -0.4 is 0 Å². The molecule has 3 aromatic rings. The highest BCUT2D eigenvalue weighted by atomic mass is 16.4. The molecule has 0 unspecified atom stereocenters. The summed E-state index contributed by atoms with van der Waals surface area (Å²) in [5, 5.41) is 18.1. The lowest BCUT2D eigenvalue weighted by Gasteiger charge is -1.98. The van der Waals surface area contributed by atoms with Crippen molar-refractivity contribution in [2.45, 2.75) is 0 Å². The Hall–Kier alpha value is -3.13. The summed E-state index contributed by atoms with van der Waals surface area (Å²) in [6, 6.07) is 14.0. The first-order valence-corrected chi connectivity index (χ1v) is 5.91. The van der Waals surface area contributed by atoms with E-state index in [9.17, 15) is 4.79 Å². The largest absolute Gasteiger partial charge is 0.477 e. The van der Waals surface area contributed by atoms with Gasteiger partial charge in [0.25, 0.3) is 0 Å². The molecule has 1 N–H and O–H groups in total. The van der Waals surface area contributed by atoms with E-state index >= 15 is 0 Å². The first kappa shape index (κ1) is 11.9. The lowest BCUT2D eigenvalue weighted by atomic mass is 10.1. The van der Waals surface area contributed by atoms with Crippen LogP contribution in [-0.2, 0) is 0 Å². The summed E-state index contributed by atoms with van der Waals surface area (Å²) < 4.78 is 1.52. The quantitative estimate of drug-likeness (QED) is 0.770. The molecule has 2 aromatic heterocycles. The Labute approximate surface area is 114 Å². The monoisotopic (exact) mass is 263 g/mol. The maximum absolute atomic E-state index is 11.2. The number of benzene rings is 1. The lowest BCUT2D eigenvalue weighted by molar-refractivity contribution is 0.0689. The third kappa shape index (κ3) is 1.89. The molecule has 0 aliphatic rings. The number of hydrogen-bond donors (Lipinski definition) is 1. The van der Waals surface area contributed by atoms with Crippen molar-refractivity contribution in [3.8, 4) is 17.3 Å². The van der Waals surface area contributed by atoms with Crippen LogP contribution in [0.5, 0.6) is 0 Å². The number of nitrogens with zero attached hydrogens (tertiary/aromatic N) is 3. The smallest absolute Gasteiger partial charge is 0.352 e. The summed E-state index contributed by atoms with van der Waals surface area (Å²) in [4.78, 5) is 15.6. The standard InChI is InChI=1S/C15H9N3O2/c16-8-10-3-1-4-11(7-10)12-9-18-13(15(19)20)5-2-6-14(18)17-12/h1-7,9H,(H,19,20). The molecular weight excluding hydrogens is 254 g/mol. The van der Waals surface area contributed by atoms with E-state index in [1.165, 1.54) is 10.5 Å². The van der Waals surface area contributed by atoms with Crippen molar-refractivity contribution in [1.29, 1.82) is 5.26 Å². The number of imidazole rings is 1. The highest BCUT2D eigenvalue weighted by Crippen LogP contribution is 2.21. The number of carboxylic acids is 1. The molecule has 0 saturated carbocycles. The number of pyridine rings is 1. The van der Waals surface area contributed by atoms with E-state index in [4.69, 9.17) is 10.4 Å². The Bertz CT molecular complexity index is 859. The average molecular weight is 263 g/mol. The van der Waals surface area contributed by atoms with Gasteiger partial charge in [-0.1, -0.05) is 18.2 Å². The van der Waals surface area contributed by atoms with Gasteiger partial charge in [0.1, 0.15) is 11.3 Å². The molecule has 5 heteroatoms. The molecule has 0 aliphatic carbocycles. The highest BCUT2D eigenvalue weighted by Gasteiger charge is 2.11. The Kier molecular flexibility index (Phi) is 2.70. The zero-order valence-corrected chi connectivity index (χ0v) is 10.3. The fraction of sp³-hybridized carbons (Fsp3) is 0. The summed E-state index contributed by atoms with van der Waals surface area (Å²) in [5.74, 6) is -1.01. The van der Waals surface area contributed by atoms with Crippen molar-refractivity contribution >= 4 is 11.6 Å². The number of aromatic nitrogens is 2. The molecule has 0 radical (unpaired) electrons. The van der Waals surface area contributed by atoms with Gasteiger partial charge in [0.15, 0.2) is 0 Å². The van der Waals surface area contributed by atoms with Gasteiger partial charge in [-0.3, -0.25) is 4.40 Å².